The zero-order valence-corrected chi connectivity index (χ0v) is 13.4. The van der Waals surface area contributed by atoms with Crippen molar-refractivity contribution in [1.29, 1.82) is 0 Å². The summed E-state index contributed by atoms with van der Waals surface area (Å²) >= 11 is 0. The number of nitrogens with one attached hydrogen (secondary N) is 1. The molecule has 22 heavy (non-hydrogen) atoms. The van der Waals surface area contributed by atoms with Crippen LogP contribution in [0.3, 0.4) is 0 Å². The number of hydrogen-bond acceptors (Lipinski definition) is 3. The quantitative estimate of drug-likeness (QED) is 0.892. The van der Waals surface area contributed by atoms with E-state index in [4.69, 9.17) is 4.74 Å². The summed E-state index contributed by atoms with van der Waals surface area (Å²) in [6, 6.07) is 4.47. The van der Waals surface area contributed by atoms with Crippen LogP contribution in [-0.2, 0) is 9.53 Å². The monoisotopic (exact) mass is 311 g/mol. The minimum Gasteiger partial charge on any atom is -0.481 e. The second kappa shape index (κ2) is 6.34. The molecule has 0 heterocycles. The molecule has 1 amide bonds. The minimum absolute atomic E-state index is 0.437. The fourth-order valence-corrected chi connectivity index (χ4v) is 1.88. The Hall–Kier alpha value is -2.11. The number of rotatable bonds is 4. The average Bonchev–Trinajstić information content (AvgIpc) is 2.34. The van der Waals surface area contributed by atoms with Crippen molar-refractivity contribution in [3.8, 4) is 0 Å². The molecule has 2 N–H and O–H groups in total. The Morgan fingerprint density at radius 1 is 1.14 bits per heavy atom. The van der Waals surface area contributed by atoms with Crippen LogP contribution in [0.25, 0.3) is 0 Å². The van der Waals surface area contributed by atoms with E-state index in [1.807, 2.05) is 0 Å². The summed E-state index contributed by atoms with van der Waals surface area (Å²) in [5.74, 6) is -1.52. The molecule has 0 saturated carbocycles. The Balaban J connectivity index is 3.10. The molecule has 0 aromatic heterocycles. The molecule has 0 unspecified atom stereocenters. The summed E-state index contributed by atoms with van der Waals surface area (Å²) in [7, 11) is 0. The Bertz CT molecular complexity index is 546. The minimum atomic E-state index is -1.30. The summed E-state index contributed by atoms with van der Waals surface area (Å²) < 4.78 is 18.2. The molecular weight excluding hydrogens is 289 g/mol. The number of carboxylic acids is 1. The van der Waals surface area contributed by atoms with E-state index >= 15 is 0 Å². The number of hydrogen-bond donors (Lipinski definition) is 2. The van der Waals surface area contributed by atoms with Crippen LogP contribution in [0.2, 0.25) is 0 Å². The summed E-state index contributed by atoms with van der Waals surface area (Å²) in [6.07, 6.45) is -0.726. The first-order valence-electron chi connectivity index (χ1n) is 6.92. The second-order valence-electron chi connectivity index (χ2n) is 6.66. The molecule has 5 nitrogen and oxygen atoms in total. The molecule has 0 saturated heterocycles. The zero-order valence-electron chi connectivity index (χ0n) is 13.4. The van der Waals surface area contributed by atoms with Gasteiger partial charge >= 0.3 is 12.1 Å². The van der Waals surface area contributed by atoms with Crippen molar-refractivity contribution in [2.24, 2.45) is 5.41 Å². The summed E-state index contributed by atoms with van der Waals surface area (Å²) in [5.41, 5.74) is -1.51. The van der Waals surface area contributed by atoms with Crippen molar-refractivity contribution >= 4 is 12.1 Å². The fraction of sp³-hybridized carbons (Fsp3) is 0.500. The van der Waals surface area contributed by atoms with Crippen molar-refractivity contribution in [3.05, 3.63) is 35.6 Å². The lowest BCUT2D eigenvalue weighted by Gasteiger charge is -2.32. The molecule has 6 heteroatoms. The van der Waals surface area contributed by atoms with Crippen LogP contribution in [-0.4, -0.2) is 22.8 Å². The van der Waals surface area contributed by atoms with Crippen molar-refractivity contribution in [1.82, 2.24) is 5.32 Å². The smallest absolute Gasteiger partial charge is 0.408 e. The van der Waals surface area contributed by atoms with Crippen LogP contribution in [0.5, 0.6) is 0 Å². The highest BCUT2D eigenvalue weighted by Gasteiger charge is 2.39. The van der Waals surface area contributed by atoms with Gasteiger partial charge in [-0.1, -0.05) is 12.1 Å². The third-order valence-electron chi connectivity index (χ3n) is 3.14. The van der Waals surface area contributed by atoms with Crippen LogP contribution in [0.4, 0.5) is 9.18 Å². The molecule has 122 valence electrons. The van der Waals surface area contributed by atoms with E-state index in [2.05, 4.69) is 5.32 Å². The maximum Gasteiger partial charge on any atom is 0.408 e. The number of carboxylic acid groups (broad SMARTS) is 1. The maximum absolute atomic E-state index is 13.1. The summed E-state index contributed by atoms with van der Waals surface area (Å²) in [5, 5.41) is 12.0. The second-order valence-corrected chi connectivity index (χ2v) is 6.66. The Morgan fingerprint density at radius 2 is 1.64 bits per heavy atom. The molecular formula is C16H22FNO4. The fourth-order valence-electron chi connectivity index (χ4n) is 1.88. The topological polar surface area (TPSA) is 75.6 Å². The first kappa shape index (κ1) is 17.9. The number of alkyl carbamates (subject to hydrolysis) is 1. The summed E-state index contributed by atoms with van der Waals surface area (Å²) in [4.78, 5) is 23.5. The van der Waals surface area contributed by atoms with Gasteiger partial charge in [-0.05, 0) is 52.3 Å². The normalized spacial score (nSPS) is 13.4. The summed E-state index contributed by atoms with van der Waals surface area (Å²) in [6.45, 7) is 8.10. The standard InChI is InChI=1S/C16H22FNO4/c1-15(2,3)22-14(21)18-12(16(4,5)13(19)20)10-6-8-11(17)9-7-10/h6-9,12H,1-5H3,(H,18,21)(H,19,20)/t12-/m0/s1. The average molecular weight is 311 g/mol. The third kappa shape index (κ3) is 4.72. The van der Waals surface area contributed by atoms with E-state index in [-0.39, 0.29) is 0 Å². The molecule has 0 aliphatic rings. The predicted octanol–water partition coefficient (Wildman–Crippen LogP) is 3.50. The van der Waals surface area contributed by atoms with Crippen LogP contribution in [0.1, 0.15) is 46.2 Å². The number of ether oxygens (including phenoxy) is 1. The van der Waals surface area contributed by atoms with Gasteiger partial charge < -0.3 is 15.2 Å². The van der Waals surface area contributed by atoms with Crippen molar-refractivity contribution in [2.45, 2.75) is 46.3 Å². The SMILES string of the molecule is CC(C)(C)OC(=O)N[C@@H](c1ccc(F)cc1)C(C)(C)C(=O)O. The van der Waals surface area contributed by atoms with Gasteiger partial charge in [0.25, 0.3) is 0 Å². The Kier molecular flexibility index (Phi) is 5.17. The molecule has 1 rings (SSSR count). The Labute approximate surface area is 129 Å². The number of carbonyl (C=O) groups is 2. The molecule has 0 fully saturated rings. The lowest BCUT2D eigenvalue weighted by Crippen LogP contribution is -2.44. The van der Waals surface area contributed by atoms with E-state index in [0.717, 1.165) is 0 Å². The molecule has 0 spiro atoms. The van der Waals surface area contributed by atoms with Gasteiger partial charge in [0.15, 0.2) is 0 Å². The predicted molar refractivity (Wildman–Crippen MR) is 79.9 cm³/mol. The van der Waals surface area contributed by atoms with Crippen molar-refractivity contribution < 1.29 is 23.8 Å². The zero-order chi connectivity index (χ0) is 17.1. The van der Waals surface area contributed by atoms with E-state index in [0.29, 0.717) is 5.56 Å². The van der Waals surface area contributed by atoms with Gasteiger partial charge in [-0.2, -0.15) is 0 Å². The van der Waals surface area contributed by atoms with Gasteiger partial charge in [0.05, 0.1) is 11.5 Å². The van der Waals surface area contributed by atoms with E-state index < -0.39 is 34.9 Å². The molecule has 0 aliphatic carbocycles. The van der Waals surface area contributed by atoms with Gasteiger partial charge in [0.2, 0.25) is 0 Å². The number of halogens is 1. The molecule has 1 atom stereocenters. The molecule has 0 bridgehead atoms. The maximum atomic E-state index is 13.1. The van der Waals surface area contributed by atoms with E-state index in [9.17, 15) is 19.1 Å². The van der Waals surface area contributed by atoms with Crippen LogP contribution in [0, 0.1) is 11.2 Å². The lowest BCUT2D eigenvalue weighted by molar-refractivity contribution is -0.148. The van der Waals surface area contributed by atoms with Gasteiger partial charge in [0, 0.05) is 0 Å². The number of benzene rings is 1. The number of amides is 1. The lowest BCUT2D eigenvalue weighted by atomic mass is 9.80. The van der Waals surface area contributed by atoms with Crippen LogP contribution >= 0.6 is 0 Å². The van der Waals surface area contributed by atoms with Crippen LogP contribution < -0.4 is 5.32 Å². The third-order valence-corrected chi connectivity index (χ3v) is 3.14. The highest BCUT2D eigenvalue weighted by atomic mass is 19.1. The molecule has 1 aromatic carbocycles. The highest BCUT2D eigenvalue weighted by molar-refractivity contribution is 5.77. The highest BCUT2D eigenvalue weighted by Crippen LogP contribution is 2.34. The first-order chi connectivity index (χ1) is 9.93. The van der Waals surface area contributed by atoms with E-state index in [1.165, 1.54) is 38.1 Å². The van der Waals surface area contributed by atoms with E-state index in [1.54, 1.807) is 20.8 Å². The van der Waals surface area contributed by atoms with Gasteiger partial charge in [-0.3, -0.25) is 4.79 Å². The first-order valence-corrected chi connectivity index (χ1v) is 6.92. The number of aliphatic carboxylic acids is 1. The van der Waals surface area contributed by atoms with Crippen molar-refractivity contribution in [2.75, 3.05) is 0 Å². The van der Waals surface area contributed by atoms with Crippen LogP contribution in [0.15, 0.2) is 24.3 Å². The van der Waals surface area contributed by atoms with Gasteiger partial charge in [0.1, 0.15) is 11.4 Å². The number of carbonyl (C=O) groups excluding carboxylic acids is 1. The molecule has 1 aromatic rings. The van der Waals surface area contributed by atoms with Gasteiger partial charge in [-0.15, -0.1) is 0 Å². The molecule has 0 radical (unpaired) electrons. The van der Waals surface area contributed by atoms with Crippen molar-refractivity contribution in [3.63, 3.8) is 0 Å². The molecule has 0 aliphatic heterocycles. The largest absolute Gasteiger partial charge is 0.481 e. The van der Waals surface area contributed by atoms with Gasteiger partial charge in [-0.25, -0.2) is 9.18 Å². The Morgan fingerprint density at radius 3 is 2.05 bits per heavy atom.